The van der Waals surface area contributed by atoms with Gasteiger partial charge in [0, 0.05) is 47.8 Å². The van der Waals surface area contributed by atoms with Crippen LogP contribution in [0, 0.1) is 13.8 Å². The summed E-state index contributed by atoms with van der Waals surface area (Å²) in [5.41, 5.74) is 5.63. The second-order valence-electron chi connectivity index (χ2n) is 10.7. The molecule has 3 N–H and O–H groups in total. The number of nitrogens with zero attached hydrogens (tertiary/aromatic N) is 1. The number of piperazine rings is 1. The Kier molecular flexibility index (Phi) is 7.22. The first-order valence-electron chi connectivity index (χ1n) is 13.2. The zero-order valence-corrected chi connectivity index (χ0v) is 23.5. The molecule has 0 unspecified atom stereocenters. The standard InChI is InChI=1S/C30H34N4O4S/c1-18-15-34(16-19(2)31-18)29(35)14-24-20(3)28(32-21(24)4)13-26-25-12-23(10-11-27(25)33-30(26)36)39(37,38)17-22-8-6-5-7-9-22/h5-13,18-19,31-32H,14-17H2,1-4H3,(H,33,36)/t18-,19+. The highest BCUT2D eigenvalue weighted by atomic mass is 32.2. The van der Waals surface area contributed by atoms with Crippen molar-refractivity contribution in [1.82, 2.24) is 15.2 Å². The summed E-state index contributed by atoms with van der Waals surface area (Å²) in [6, 6.07) is 14.3. The number of nitrogens with one attached hydrogen (secondary N) is 3. The molecular formula is C30H34N4O4S. The Morgan fingerprint density at radius 1 is 1.05 bits per heavy atom. The Morgan fingerprint density at radius 2 is 1.74 bits per heavy atom. The van der Waals surface area contributed by atoms with Crippen molar-refractivity contribution in [2.45, 2.75) is 56.8 Å². The minimum Gasteiger partial charge on any atom is -0.359 e. The van der Waals surface area contributed by atoms with Crippen LogP contribution in [0.1, 0.15) is 47.5 Å². The fourth-order valence-electron chi connectivity index (χ4n) is 5.54. The summed E-state index contributed by atoms with van der Waals surface area (Å²) < 4.78 is 26.3. The number of aryl methyl sites for hydroxylation is 1. The van der Waals surface area contributed by atoms with Crippen LogP contribution >= 0.6 is 0 Å². The summed E-state index contributed by atoms with van der Waals surface area (Å²) in [6.07, 6.45) is 2.03. The monoisotopic (exact) mass is 546 g/mol. The Morgan fingerprint density at radius 3 is 2.44 bits per heavy atom. The highest BCUT2D eigenvalue weighted by Crippen LogP contribution is 2.36. The molecule has 2 aromatic carbocycles. The van der Waals surface area contributed by atoms with Crippen LogP contribution in [0.4, 0.5) is 5.69 Å². The van der Waals surface area contributed by atoms with Crippen LogP contribution in [0.3, 0.4) is 0 Å². The van der Waals surface area contributed by atoms with Crippen molar-refractivity contribution in [3.63, 3.8) is 0 Å². The van der Waals surface area contributed by atoms with E-state index in [1.807, 2.05) is 36.9 Å². The normalized spacial score (nSPS) is 20.3. The third-order valence-corrected chi connectivity index (χ3v) is 9.18. The number of carbonyl (C=O) groups excluding carboxylic acids is 2. The van der Waals surface area contributed by atoms with Gasteiger partial charge >= 0.3 is 0 Å². The number of anilines is 1. The highest BCUT2D eigenvalue weighted by Gasteiger charge is 2.29. The summed E-state index contributed by atoms with van der Waals surface area (Å²) in [5.74, 6) is -0.336. The van der Waals surface area contributed by atoms with E-state index in [-0.39, 0.29) is 41.0 Å². The van der Waals surface area contributed by atoms with Crippen LogP contribution in [0.25, 0.3) is 11.6 Å². The van der Waals surface area contributed by atoms with Gasteiger partial charge in [-0.1, -0.05) is 30.3 Å². The summed E-state index contributed by atoms with van der Waals surface area (Å²) >= 11 is 0. The molecule has 2 aliphatic rings. The molecule has 204 valence electrons. The molecule has 0 saturated carbocycles. The number of hydrogen-bond donors (Lipinski definition) is 3. The number of amides is 2. The molecule has 0 radical (unpaired) electrons. The average molecular weight is 547 g/mol. The molecule has 2 atom stereocenters. The molecule has 2 aliphatic heterocycles. The maximum Gasteiger partial charge on any atom is 0.256 e. The smallest absolute Gasteiger partial charge is 0.256 e. The Bertz CT molecular complexity index is 1560. The van der Waals surface area contributed by atoms with Crippen molar-refractivity contribution in [1.29, 1.82) is 0 Å². The fraction of sp³-hybridized carbons (Fsp3) is 0.333. The average Bonchev–Trinajstić information content (AvgIpc) is 3.33. The van der Waals surface area contributed by atoms with Crippen LogP contribution in [0.2, 0.25) is 0 Å². The van der Waals surface area contributed by atoms with E-state index in [9.17, 15) is 18.0 Å². The van der Waals surface area contributed by atoms with Crippen molar-refractivity contribution >= 4 is 39.0 Å². The molecular weight excluding hydrogens is 512 g/mol. The van der Waals surface area contributed by atoms with Crippen molar-refractivity contribution in [2.75, 3.05) is 18.4 Å². The van der Waals surface area contributed by atoms with E-state index in [0.29, 0.717) is 35.5 Å². The number of rotatable bonds is 6. The van der Waals surface area contributed by atoms with E-state index in [1.54, 1.807) is 30.3 Å². The number of fused-ring (bicyclic) bond motifs is 1. The molecule has 3 aromatic rings. The van der Waals surface area contributed by atoms with Gasteiger partial charge in [0.25, 0.3) is 5.91 Å². The van der Waals surface area contributed by atoms with E-state index in [2.05, 4.69) is 29.5 Å². The minimum absolute atomic E-state index is 0.0804. The lowest BCUT2D eigenvalue weighted by Gasteiger charge is -2.36. The zero-order valence-electron chi connectivity index (χ0n) is 22.7. The molecule has 1 fully saturated rings. The van der Waals surface area contributed by atoms with Crippen LogP contribution < -0.4 is 10.6 Å². The van der Waals surface area contributed by atoms with Crippen molar-refractivity contribution in [3.05, 3.63) is 82.2 Å². The third kappa shape index (κ3) is 5.55. The number of sulfone groups is 1. The van der Waals surface area contributed by atoms with Gasteiger partial charge in [-0.15, -0.1) is 0 Å². The summed E-state index contributed by atoms with van der Waals surface area (Å²) in [7, 11) is -3.61. The number of hydrogen-bond acceptors (Lipinski definition) is 5. The molecule has 3 heterocycles. The quantitative estimate of drug-likeness (QED) is 0.407. The minimum atomic E-state index is -3.61. The molecule has 0 bridgehead atoms. The van der Waals surface area contributed by atoms with Crippen LogP contribution in [0.15, 0.2) is 53.4 Å². The van der Waals surface area contributed by atoms with Gasteiger partial charge in [-0.2, -0.15) is 0 Å². The van der Waals surface area contributed by atoms with Crippen LogP contribution in [0.5, 0.6) is 0 Å². The zero-order chi connectivity index (χ0) is 27.9. The molecule has 0 spiro atoms. The van der Waals surface area contributed by atoms with Crippen LogP contribution in [-0.4, -0.2) is 55.3 Å². The van der Waals surface area contributed by atoms with Crippen molar-refractivity contribution in [3.8, 4) is 0 Å². The summed E-state index contributed by atoms with van der Waals surface area (Å²) in [4.78, 5) is 31.5. The van der Waals surface area contributed by atoms with Gasteiger partial charge in [-0.05, 0) is 68.7 Å². The predicted octanol–water partition coefficient (Wildman–Crippen LogP) is 3.85. The molecule has 1 aromatic heterocycles. The van der Waals surface area contributed by atoms with E-state index < -0.39 is 9.84 Å². The Balaban J connectivity index is 1.42. The number of H-pyrrole nitrogens is 1. The van der Waals surface area contributed by atoms with Gasteiger partial charge in [0.1, 0.15) is 0 Å². The lowest BCUT2D eigenvalue weighted by atomic mass is 10.0. The van der Waals surface area contributed by atoms with E-state index >= 15 is 0 Å². The first-order valence-corrected chi connectivity index (χ1v) is 14.8. The van der Waals surface area contributed by atoms with Gasteiger partial charge < -0.3 is 20.5 Å². The second kappa shape index (κ2) is 10.5. The maximum absolute atomic E-state index is 13.2. The van der Waals surface area contributed by atoms with E-state index in [4.69, 9.17) is 0 Å². The van der Waals surface area contributed by atoms with Crippen LogP contribution in [-0.2, 0) is 31.6 Å². The molecule has 2 amide bonds. The first-order chi connectivity index (χ1) is 18.5. The Hall–Kier alpha value is -3.69. The fourth-order valence-corrected chi connectivity index (χ4v) is 6.91. The van der Waals surface area contributed by atoms with E-state index in [0.717, 1.165) is 22.5 Å². The van der Waals surface area contributed by atoms with E-state index in [1.165, 1.54) is 6.07 Å². The molecule has 1 saturated heterocycles. The second-order valence-corrected chi connectivity index (χ2v) is 12.7. The number of aromatic nitrogens is 1. The van der Waals surface area contributed by atoms with Gasteiger partial charge in [0.15, 0.2) is 9.84 Å². The topological polar surface area (TPSA) is 111 Å². The first kappa shape index (κ1) is 26.9. The summed E-state index contributed by atoms with van der Waals surface area (Å²) in [6.45, 7) is 9.38. The highest BCUT2D eigenvalue weighted by molar-refractivity contribution is 7.90. The van der Waals surface area contributed by atoms with Gasteiger partial charge in [0.2, 0.25) is 5.91 Å². The maximum atomic E-state index is 13.2. The lowest BCUT2D eigenvalue weighted by molar-refractivity contribution is -0.132. The number of carbonyl (C=O) groups is 2. The lowest BCUT2D eigenvalue weighted by Crippen LogP contribution is -2.56. The molecule has 0 aliphatic carbocycles. The number of benzene rings is 2. The Labute approximate surface area is 229 Å². The SMILES string of the molecule is Cc1[nH]c(C=C2C(=O)Nc3ccc(S(=O)(=O)Cc4ccccc4)cc32)c(C)c1CC(=O)N1C[C@@H](C)N[C@@H](C)C1. The molecule has 8 nitrogen and oxygen atoms in total. The summed E-state index contributed by atoms with van der Waals surface area (Å²) in [5, 5.41) is 6.29. The van der Waals surface area contributed by atoms with Gasteiger partial charge in [-0.3, -0.25) is 9.59 Å². The van der Waals surface area contributed by atoms with Crippen molar-refractivity contribution in [2.24, 2.45) is 0 Å². The van der Waals surface area contributed by atoms with Gasteiger partial charge in [-0.25, -0.2) is 8.42 Å². The largest absolute Gasteiger partial charge is 0.359 e. The van der Waals surface area contributed by atoms with Gasteiger partial charge in [0.05, 0.1) is 22.6 Å². The molecule has 39 heavy (non-hydrogen) atoms. The third-order valence-electron chi connectivity index (χ3n) is 7.49. The number of aromatic amines is 1. The predicted molar refractivity (Wildman–Crippen MR) is 153 cm³/mol. The molecule has 5 rings (SSSR count). The molecule has 9 heteroatoms. The van der Waals surface area contributed by atoms with Crippen molar-refractivity contribution < 1.29 is 18.0 Å².